The number of quaternary nitrogens is 1. The second kappa shape index (κ2) is 12.7. The van der Waals surface area contributed by atoms with E-state index in [1.807, 2.05) is 6.92 Å². The Morgan fingerprint density at radius 2 is 1.62 bits per heavy atom. The highest BCUT2D eigenvalue weighted by atomic mass is 16.3. The molecule has 2 atom stereocenters. The zero-order valence-corrected chi connectivity index (χ0v) is 16.5. The Morgan fingerprint density at radius 1 is 1.00 bits per heavy atom. The van der Waals surface area contributed by atoms with Crippen molar-refractivity contribution in [3.63, 3.8) is 0 Å². The van der Waals surface area contributed by atoms with Crippen molar-refractivity contribution < 1.29 is 9.59 Å². The summed E-state index contributed by atoms with van der Waals surface area (Å²) in [5.74, 6) is 1.24. The molecule has 2 unspecified atom stereocenters. The molecule has 1 aliphatic heterocycles. The molecule has 0 aromatic rings. The van der Waals surface area contributed by atoms with Gasteiger partial charge in [-0.25, -0.2) is 4.99 Å². The van der Waals surface area contributed by atoms with Gasteiger partial charge in [-0.15, -0.1) is 0 Å². The lowest BCUT2D eigenvalue weighted by Crippen LogP contribution is -2.56. The molecule has 0 bridgehead atoms. The van der Waals surface area contributed by atoms with Gasteiger partial charge in [0.25, 0.3) is 0 Å². The van der Waals surface area contributed by atoms with Crippen LogP contribution >= 0.6 is 0 Å². The van der Waals surface area contributed by atoms with Crippen LogP contribution in [0, 0.1) is 0 Å². The van der Waals surface area contributed by atoms with E-state index in [9.17, 15) is 5.11 Å². The summed E-state index contributed by atoms with van der Waals surface area (Å²) in [5, 5.41) is 10.1. The molecule has 1 aliphatic rings. The predicted octanol–water partition coefficient (Wildman–Crippen LogP) is 5.44. The van der Waals surface area contributed by atoms with E-state index >= 15 is 0 Å². The van der Waals surface area contributed by atoms with Gasteiger partial charge in [0.1, 0.15) is 6.54 Å². The molecule has 3 heteroatoms. The molecule has 0 amide bonds. The lowest BCUT2D eigenvalue weighted by molar-refractivity contribution is -0.882. The highest BCUT2D eigenvalue weighted by molar-refractivity contribution is 5.76. The Morgan fingerprint density at radius 3 is 2.25 bits per heavy atom. The number of unbranched alkanes of at least 4 members (excludes halogenated alkanes) is 8. The maximum absolute atomic E-state index is 10.1. The molecule has 0 aromatic heterocycles. The van der Waals surface area contributed by atoms with E-state index in [1.165, 1.54) is 70.0 Å². The summed E-state index contributed by atoms with van der Waals surface area (Å²) in [6.07, 6.45) is 18.5. The van der Waals surface area contributed by atoms with Crippen LogP contribution in [0.2, 0.25) is 0 Å². The minimum atomic E-state index is -0.319. The van der Waals surface area contributed by atoms with Crippen LogP contribution in [0.25, 0.3) is 0 Å². The fourth-order valence-electron chi connectivity index (χ4n) is 3.76. The van der Waals surface area contributed by atoms with Gasteiger partial charge in [-0.3, -0.25) is 4.48 Å². The van der Waals surface area contributed by atoms with Crippen molar-refractivity contribution in [2.24, 2.45) is 4.99 Å². The quantitative estimate of drug-likeness (QED) is 0.255. The average Bonchev–Trinajstić information content (AvgIpc) is 3.00. The molecule has 0 spiro atoms. The second-order valence-corrected chi connectivity index (χ2v) is 7.28. The predicted molar refractivity (Wildman–Crippen MR) is 105 cm³/mol. The van der Waals surface area contributed by atoms with Crippen molar-refractivity contribution in [1.29, 1.82) is 0 Å². The minimum Gasteiger partial charge on any atom is -0.345 e. The standard InChI is InChI=1S/C21H41N2O/c1-4-6-7-8-9-10-11-12-13-14-15-16-17-21-22-18-19-23(21,5-2)20(3)24/h9-10,20,24H,4-8,11-19H2,1-3H3/q+1/b10-9+. The van der Waals surface area contributed by atoms with Crippen LogP contribution < -0.4 is 0 Å². The van der Waals surface area contributed by atoms with Crippen LogP contribution in [-0.4, -0.2) is 41.3 Å². The lowest BCUT2D eigenvalue weighted by Gasteiger charge is -2.36. The maximum Gasteiger partial charge on any atom is 0.200 e. The Labute approximate surface area is 150 Å². The van der Waals surface area contributed by atoms with Gasteiger partial charge < -0.3 is 5.11 Å². The van der Waals surface area contributed by atoms with Crippen LogP contribution in [0.3, 0.4) is 0 Å². The first-order valence-corrected chi connectivity index (χ1v) is 10.4. The van der Waals surface area contributed by atoms with Gasteiger partial charge in [0.2, 0.25) is 5.84 Å². The Hall–Kier alpha value is -0.670. The number of hydrogen-bond acceptors (Lipinski definition) is 2. The monoisotopic (exact) mass is 337 g/mol. The number of aliphatic hydroxyl groups excluding tert-OH is 1. The second-order valence-electron chi connectivity index (χ2n) is 7.28. The third-order valence-corrected chi connectivity index (χ3v) is 5.50. The molecule has 0 saturated heterocycles. The highest BCUT2D eigenvalue weighted by Crippen LogP contribution is 2.22. The largest absolute Gasteiger partial charge is 0.345 e. The summed E-state index contributed by atoms with van der Waals surface area (Å²) in [6.45, 7) is 9.17. The summed E-state index contributed by atoms with van der Waals surface area (Å²) >= 11 is 0. The number of hydrogen-bond donors (Lipinski definition) is 1. The van der Waals surface area contributed by atoms with Gasteiger partial charge in [-0.05, 0) is 39.0 Å². The minimum absolute atomic E-state index is 0.319. The molecule has 0 aliphatic carbocycles. The molecule has 0 radical (unpaired) electrons. The fraction of sp³-hybridized carbons (Fsp3) is 0.857. The molecule has 0 fully saturated rings. The fourth-order valence-corrected chi connectivity index (χ4v) is 3.76. The van der Waals surface area contributed by atoms with Crippen LogP contribution in [0.5, 0.6) is 0 Å². The first-order valence-electron chi connectivity index (χ1n) is 10.4. The van der Waals surface area contributed by atoms with Crippen molar-refractivity contribution in [2.45, 2.75) is 97.6 Å². The third-order valence-electron chi connectivity index (χ3n) is 5.50. The molecular formula is C21H41N2O+. The molecule has 1 heterocycles. The van der Waals surface area contributed by atoms with Crippen LogP contribution in [-0.2, 0) is 0 Å². The molecule has 0 aromatic carbocycles. The van der Waals surface area contributed by atoms with E-state index in [2.05, 4.69) is 26.0 Å². The first kappa shape index (κ1) is 21.4. The summed E-state index contributed by atoms with van der Waals surface area (Å²) < 4.78 is 0.711. The van der Waals surface area contributed by atoms with Crippen LogP contribution in [0.4, 0.5) is 0 Å². The van der Waals surface area contributed by atoms with E-state index in [4.69, 9.17) is 4.99 Å². The van der Waals surface area contributed by atoms with Crippen molar-refractivity contribution in [1.82, 2.24) is 0 Å². The van der Waals surface area contributed by atoms with Gasteiger partial charge in [0.15, 0.2) is 6.23 Å². The molecule has 1 N–H and O–H groups in total. The van der Waals surface area contributed by atoms with Crippen LogP contribution in [0.15, 0.2) is 17.1 Å². The molecular weight excluding hydrogens is 296 g/mol. The number of amidine groups is 1. The van der Waals surface area contributed by atoms with Crippen molar-refractivity contribution in [3.8, 4) is 0 Å². The SMILES string of the molecule is CCCCC/C=C/CCCCCCCC1=NCC[N+]1(CC)C(C)O. The number of likely N-dealkylation sites (N-methyl/N-ethyl adjacent to an activating group) is 1. The molecule has 140 valence electrons. The summed E-state index contributed by atoms with van der Waals surface area (Å²) in [4.78, 5) is 4.69. The molecule has 24 heavy (non-hydrogen) atoms. The first-order chi connectivity index (χ1) is 11.7. The lowest BCUT2D eigenvalue weighted by atomic mass is 10.1. The summed E-state index contributed by atoms with van der Waals surface area (Å²) in [6, 6.07) is 0. The normalized spacial score (nSPS) is 22.2. The van der Waals surface area contributed by atoms with Gasteiger partial charge in [-0.2, -0.15) is 0 Å². The third kappa shape index (κ3) is 7.06. The number of aliphatic hydroxyl groups is 1. The molecule has 1 rings (SSSR count). The average molecular weight is 338 g/mol. The number of aliphatic imine (C=N–C) groups is 1. The number of allylic oxidation sites excluding steroid dienone is 2. The topological polar surface area (TPSA) is 32.6 Å². The van der Waals surface area contributed by atoms with Gasteiger partial charge >= 0.3 is 0 Å². The zero-order chi connectivity index (χ0) is 17.7. The number of rotatable bonds is 14. The van der Waals surface area contributed by atoms with Crippen molar-refractivity contribution in [2.75, 3.05) is 19.6 Å². The van der Waals surface area contributed by atoms with E-state index < -0.39 is 0 Å². The zero-order valence-electron chi connectivity index (χ0n) is 16.5. The maximum atomic E-state index is 10.1. The molecule has 3 nitrogen and oxygen atoms in total. The van der Waals surface area contributed by atoms with E-state index in [-0.39, 0.29) is 6.23 Å². The Kier molecular flexibility index (Phi) is 11.3. The van der Waals surface area contributed by atoms with Crippen molar-refractivity contribution in [3.05, 3.63) is 12.2 Å². The van der Waals surface area contributed by atoms with E-state index in [0.717, 1.165) is 26.1 Å². The van der Waals surface area contributed by atoms with Gasteiger partial charge in [0, 0.05) is 13.3 Å². The Balaban J connectivity index is 2.04. The van der Waals surface area contributed by atoms with Crippen molar-refractivity contribution >= 4 is 5.84 Å². The summed E-state index contributed by atoms with van der Waals surface area (Å²) in [5.41, 5.74) is 0. The van der Waals surface area contributed by atoms with Gasteiger partial charge in [-0.1, -0.05) is 51.2 Å². The smallest absolute Gasteiger partial charge is 0.200 e. The van der Waals surface area contributed by atoms with Gasteiger partial charge in [0.05, 0.1) is 13.1 Å². The van der Waals surface area contributed by atoms with E-state index in [1.54, 1.807) is 0 Å². The Bertz CT molecular complexity index is 376. The summed E-state index contributed by atoms with van der Waals surface area (Å²) in [7, 11) is 0. The number of nitrogens with zero attached hydrogens (tertiary/aromatic N) is 2. The molecule has 0 saturated carbocycles. The van der Waals surface area contributed by atoms with Crippen LogP contribution in [0.1, 0.15) is 91.4 Å². The van der Waals surface area contributed by atoms with E-state index in [0.29, 0.717) is 4.48 Å². The highest BCUT2D eigenvalue weighted by Gasteiger charge is 2.40.